The number of rotatable bonds is 8. The Bertz CT molecular complexity index is 4360. The van der Waals surface area contributed by atoms with Crippen molar-refractivity contribution < 1.29 is 4.74 Å². The fraction of sp³-hybridized carbons (Fsp3) is 0.0137. The van der Waals surface area contributed by atoms with Crippen LogP contribution in [0.4, 0.5) is 17.1 Å². The lowest BCUT2D eigenvalue weighted by atomic mass is 9.64. The Morgan fingerprint density at radius 1 is 0.325 bits per heavy atom. The highest BCUT2D eigenvalue weighted by atomic mass is 35.5. The van der Waals surface area contributed by atoms with Crippen molar-refractivity contribution in [2.75, 3.05) is 4.90 Å². The Labute approximate surface area is 452 Å². The van der Waals surface area contributed by atoms with Crippen LogP contribution in [0.3, 0.4) is 0 Å². The van der Waals surface area contributed by atoms with Crippen LogP contribution in [-0.4, -0.2) is 4.57 Å². The molecule has 13 aromatic rings. The summed E-state index contributed by atoms with van der Waals surface area (Å²) in [5, 5.41) is 3.15. The molecule has 0 radical (unpaired) electrons. The third-order valence-electron chi connectivity index (χ3n) is 15.9. The number of nitrogens with zero attached hydrogens (tertiary/aromatic N) is 2. The molecule has 2 aliphatic rings. The van der Waals surface area contributed by atoms with E-state index in [2.05, 4.69) is 289 Å². The lowest BCUT2D eigenvalue weighted by Gasteiger charge is -2.40. The van der Waals surface area contributed by atoms with Crippen molar-refractivity contribution in [3.63, 3.8) is 0 Å². The van der Waals surface area contributed by atoms with E-state index in [0.717, 1.165) is 73.2 Å². The molecule has 0 atom stereocenters. The molecule has 1 aromatic heterocycles. The van der Waals surface area contributed by atoms with Gasteiger partial charge in [0.15, 0.2) is 0 Å². The topological polar surface area (TPSA) is 17.4 Å². The molecular formula is C73H47ClN2O. The van der Waals surface area contributed by atoms with Gasteiger partial charge in [-0.1, -0.05) is 206 Å². The van der Waals surface area contributed by atoms with Crippen molar-refractivity contribution in [2.24, 2.45) is 0 Å². The van der Waals surface area contributed by atoms with Crippen molar-refractivity contribution in [3.8, 4) is 72.8 Å². The van der Waals surface area contributed by atoms with Gasteiger partial charge < -0.3 is 14.2 Å². The number of hydrogen-bond acceptors (Lipinski definition) is 2. The first kappa shape index (κ1) is 44.8. The van der Waals surface area contributed by atoms with Crippen LogP contribution in [0.25, 0.3) is 83.1 Å². The average Bonchev–Trinajstić information content (AvgIpc) is 3.93. The normalized spacial score (nSPS) is 12.7. The number of halogens is 1. The van der Waals surface area contributed by atoms with E-state index < -0.39 is 5.41 Å². The molecule has 0 saturated heterocycles. The molecule has 0 amide bonds. The highest BCUT2D eigenvalue weighted by Gasteiger charge is 2.52. The van der Waals surface area contributed by atoms with Crippen molar-refractivity contribution in [1.82, 2.24) is 4.57 Å². The minimum absolute atomic E-state index is 0.629. The third kappa shape index (κ3) is 7.12. The van der Waals surface area contributed by atoms with Crippen LogP contribution in [0, 0.1) is 0 Å². The van der Waals surface area contributed by atoms with E-state index in [0.29, 0.717) is 5.02 Å². The maximum Gasteiger partial charge on any atom is 0.132 e. The van der Waals surface area contributed by atoms with Crippen LogP contribution < -0.4 is 9.64 Å². The Hall–Kier alpha value is -9.67. The summed E-state index contributed by atoms with van der Waals surface area (Å²) in [4.78, 5) is 2.35. The zero-order chi connectivity index (χ0) is 51.0. The first-order valence-electron chi connectivity index (χ1n) is 26.3. The lowest BCUT2D eigenvalue weighted by molar-refractivity contribution is 0.436. The fourth-order valence-corrected chi connectivity index (χ4v) is 12.8. The molecule has 4 heteroatoms. The number of hydrogen-bond donors (Lipinski definition) is 0. The summed E-state index contributed by atoms with van der Waals surface area (Å²) in [6, 6.07) is 103. The van der Waals surface area contributed by atoms with Crippen LogP contribution in [0.5, 0.6) is 11.5 Å². The number of ether oxygens (including phenoxy) is 1. The van der Waals surface area contributed by atoms with E-state index in [1.165, 1.54) is 60.8 Å². The molecule has 0 fully saturated rings. The van der Waals surface area contributed by atoms with Gasteiger partial charge in [-0.2, -0.15) is 0 Å². The van der Waals surface area contributed by atoms with Crippen LogP contribution in [-0.2, 0) is 5.41 Å². The summed E-state index contributed by atoms with van der Waals surface area (Å²) in [5.41, 5.74) is 22.4. The number of para-hydroxylation sites is 4. The molecule has 1 aliphatic carbocycles. The van der Waals surface area contributed by atoms with E-state index in [4.69, 9.17) is 16.3 Å². The summed E-state index contributed by atoms with van der Waals surface area (Å²) < 4.78 is 9.08. The molecule has 1 aliphatic heterocycles. The second-order valence-electron chi connectivity index (χ2n) is 20.1. The minimum Gasteiger partial charge on any atom is -0.457 e. The average molecular weight is 1000 g/mol. The second-order valence-corrected chi connectivity index (χ2v) is 20.5. The van der Waals surface area contributed by atoms with Gasteiger partial charge in [0, 0.05) is 49.7 Å². The van der Waals surface area contributed by atoms with Gasteiger partial charge in [0.2, 0.25) is 0 Å². The Balaban J connectivity index is 0.842. The first-order chi connectivity index (χ1) is 38.1. The molecule has 12 aromatic carbocycles. The molecular weight excluding hydrogens is 956 g/mol. The number of anilines is 3. The summed E-state index contributed by atoms with van der Waals surface area (Å²) in [5.74, 6) is 1.74. The Morgan fingerprint density at radius 2 is 0.818 bits per heavy atom. The molecule has 15 rings (SSSR count). The predicted molar refractivity (Wildman–Crippen MR) is 320 cm³/mol. The van der Waals surface area contributed by atoms with Gasteiger partial charge in [-0.05, 0) is 158 Å². The molecule has 0 saturated carbocycles. The van der Waals surface area contributed by atoms with Crippen LogP contribution in [0.2, 0.25) is 5.02 Å². The standard InChI is InChI=1S/C73H47ClN2O/c74-53-37-44-58(61-22-15-23-62-59-20-7-9-24-65(59)73(72(61)62)66-25-10-13-28-70(66)77-71-29-14-11-26-67(71)73)63(47-53)51-34-42-57(43-35-51)75(55-38-30-49(31-39-55)48-16-3-1-4-17-48)56-40-32-50(33-41-56)52-36-45-69-64(46-52)60-21-8-12-27-68(60)76(69)54-18-5-2-6-19-54/h1-47H. The van der Waals surface area contributed by atoms with E-state index in [-0.39, 0.29) is 0 Å². The molecule has 3 nitrogen and oxygen atoms in total. The number of aromatic nitrogens is 1. The van der Waals surface area contributed by atoms with E-state index in [1.54, 1.807) is 0 Å². The van der Waals surface area contributed by atoms with Crippen LogP contribution in [0.15, 0.2) is 285 Å². The molecule has 0 unspecified atom stereocenters. The van der Waals surface area contributed by atoms with E-state index in [9.17, 15) is 0 Å². The maximum absolute atomic E-state index is 7.03. The fourth-order valence-electron chi connectivity index (χ4n) is 12.6. The smallest absolute Gasteiger partial charge is 0.132 e. The molecule has 1 spiro atoms. The van der Waals surface area contributed by atoms with Crippen molar-refractivity contribution in [2.45, 2.75) is 5.41 Å². The monoisotopic (exact) mass is 1000 g/mol. The molecule has 0 N–H and O–H groups in total. The van der Waals surface area contributed by atoms with E-state index >= 15 is 0 Å². The lowest BCUT2D eigenvalue weighted by Crippen LogP contribution is -2.32. The number of benzene rings is 12. The molecule has 77 heavy (non-hydrogen) atoms. The highest BCUT2D eigenvalue weighted by Crippen LogP contribution is 2.64. The van der Waals surface area contributed by atoms with Crippen LogP contribution in [0.1, 0.15) is 22.3 Å². The van der Waals surface area contributed by atoms with Crippen molar-refractivity contribution >= 4 is 50.5 Å². The van der Waals surface area contributed by atoms with Gasteiger partial charge in [-0.3, -0.25) is 0 Å². The van der Waals surface area contributed by atoms with Crippen molar-refractivity contribution in [1.29, 1.82) is 0 Å². The summed E-state index contributed by atoms with van der Waals surface area (Å²) in [7, 11) is 0. The number of fused-ring (bicyclic) bond motifs is 12. The Morgan fingerprint density at radius 3 is 1.49 bits per heavy atom. The SMILES string of the molecule is Clc1ccc(-c2cccc3c2C2(c4ccccc4Oc4ccccc42)c2ccccc2-3)c(-c2ccc(N(c3ccc(-c4ccccc4)cc3)c3ccc(-c4ccc5c(c4)c4ccccc4n5-c4ccccc4)cc3)cc2)c1. The Kier molecular flexibility index (Phi) is 10.5. The first-order valence-corrected chi connectivity index (χ1v) is 26.6. The van der Waals surface area contributed by atoms with Gasteiger partial charge in [-0.25, -0.2) is 0 Å². The van der Waals surface area contributed by atoms with Gasteiger partial charge >= 0.3 is 0 Å². The second kappa shape index (κ2) is 18.0. The van der Waals surface area contributed by atoms with Crippen LogP contribution >= 0.6 is 11.6 Å². The van der Waals surface area contributed by atoms with Gasteiger partial charge in [-0.15, -0.1) is 0 Å². The zero-order valence-electron chi connectivity index (χ0n) is 41.8. The highest BCUT2D eigenvalue weighted by molar-refractivity contribution is 6.31. The molecule has 0 bridgehead atoms. The van der Waals surface area contributed by atoms with E-state index in [1.807, 2.05) is 6.07 Å². The zero-order valence-corrected chi connectivity index (χ0v) is 42.6. The quantitative estimate of drug-likeness (QED) is 0.151. The predicted octanol–water partition coefficient (Wildman–Crippen LogP) is 20.0. The largest absolute Gasteiger partial charge is 0.457 e. The third-order valence-corrected chi connectivity index (χ3v) is 16.2. The van der Waals surface area contributed by atoms with Gasteiger partial charge in [0.1, 0.15) is 11.5 Å². The molecule has 362 valence electrons. The van der Waals surface area contributed by atoms with Gasteiger partial charge in [0.25, 0.3) is 0 Å². The van der Waals surface area contributed by atoms with Crippen molar-refractivity contribution in [3.05, 3.63) is 312 Å². The maximum atomic E-state index is 7.03. The summed E-state index contributed by atoms with van der Waals surface area (Å²) in [6.07, 6.45) is 0. The summed E-state index contributed by atoms with van der Waals surface area (Å²) >= 11 is 7.03. The van der Waals surface area contributed by atoms with Gasteiger partial charge in [0.05, 0.1) is 16.4 Å². The minimum atomic E-state index is -0.629. The summed E-state index contributed by atoms with van der Waals surface area (Å²) in [6.45, 7) is 0. The molecule has 2 heterocycles.